The van der Waals surface area contributed by atoms with Crippen molar-refractivity contribution in [3.63, 3.8) is 0 Å². The summed E-state index contributed by atoms with van der Waals surface area (Å²) in [5.41, 5.74) is -2.11. The smallest absolute Gasteiger partial charge is 0.517 e. The summed E-state index contributed by atoms with van der Waals surface area (Å²) in [5.74, 6) is -31.7. The highest BCUT2D eigenvalue weighted by molar-refractivity contribution is 6.63. The Hall–Kier alpha value is -3.52. The highest BCUT2D eigenvalue weighted by atomic mass is 19.2. The first-order valence-corrected chi connectivity index (χ1v) is 8.17. The summed E-state index contributed by atoms with van der Waals surface area (Å²) in [6.07, 6.45) is 0. The molecular weight excluding hydrogens is 487 g/mol. The van der Waals surface area contributed by atoms with Gasteiger partial charge in [0.05, 0.1) is 5.46 Å². The van der Waals surface area contributed by atoms with Crippen molar-refractivity contribution in [3.05, 3.63) is 88.0 Å². The zero-order valence-corrected chi connectivity index (χ0v) is 15.2. The van der Waals surface area contributed by atoms with Crippen LogP contribution in [0.4, 0.5) is 52.7 Å². The summed E-state index contributed by atoms with van der Waals surface area (Å²) in [6.45, 7) is 0. The van der Waals surface area contributed by atoms with E-state index in [4.69, 9.17) is 0 Å². The van der Waals surface area contributed by atoms with Crippen LogP contribution in [-0.4, -0.2) is 7.12 Å². The minimum absolute atomic E-state index is 0.336. The molecule has 0 saturated carbocycles. The first-order chi connectivity index (χ1) is 15.3. The third kappa shape index (κ3) is 4.26. The first-order valence-electron chi connectivity index (χ1n) is 8.17. The van der Waals surface area contributed by atoms with Gasteiger partial charge < -0.3 is 9.31 Å². The average molecular weight is 490 g/mol. The number of halogens is 12. The molecule has 0 aliphatic rings. The Morgan fingerprint density at radius 3 is 0.909 bits per heavy atom. The van der Waals surface area contributed by atoms with Crippen molar-refractivity contribution < 1.29 is 62.0 Å². The fourth-order valence-electron chi connectivity index (χ4n) is 2.46. The lowest BCUT2D eigenvalue weighted by atomic mass is 9.77. The largest absolute Gasteiger partial charge is 0.639 e. The quantitative estimate of drug-likeness (QED) is 0.278. The molecule has 0 radical (unpaired) electrons. The highest BCUT2D eigenvalue weighted by Gasteiger charge is 2.41. The Kier molecular flexibility index (Phi) is 6.43. The minimum Gasteiger partial charge on any atom is -0.517 e. The summed E-state index contributed by atoms with van der Waals surface area (Å²) in [6, 6.07) is -1.04. The number of hydrogen-bond donors (Lipinski definition) is 0. The molecule has 0 bridgehead atoms. The van der Waals surface area contributed by atoms with Crippen LogP contribution in [-0.2, 0) is 0 Å². The lowest BCUT2D eigenvalue weighted by Gasteiger charge is -2.20. The summed E-state index contributed by atoms with van der Waals surface area (Å²) < 4.78 is 174. The lowest BCUT2D eigenvalue weighted by molar-refractivity contribution is 0.339. The molecule has 0 aliphatic carbocycles. The van der Waals surface area contributed by atoms with Crippen LogP contribution in [0.15, 0.2) is 18.2 Å². The van der Waals surface area contributed by atoms with E-state index in [1.54, 1.807) is 0 Å². The summed E-state index contributed by atoms with van der Waals surface area (Å²) >= 11 is 0. The summed E-state index contributed by atoms with van der Waals surface area (Å²) in [5, 5.41) is 0. The second-order valence-electron chi connectivity index (χ2n) is 6.04. The molecule has 0 amide bonds. The zero-order chi connectivity index (χ0) is 24.8. The molecule has 3 rings (SSSR count). The van der Waals surface area contributed by atoms with Gasteiger partial charge in [0, 0.05) is 18.2 Å². The second-order valence-corrected chi connectivity index (χ2v) is 6.04. The van der Waals surface area contributed by atoms with Crippen LogP contribution in [0.1, 0.15) is 0 Å². The molecule has 0 aromatic heterocycles. The number of rotatable bonds is 5. The van der Waals surface area contributed by atoms with Gasteiger partial charge in [-0.2, -0.15) is 17.6 Å². The monoisotopic (exact) mass is 490 g/mol. The summed E-state index contributed by atoms with van der Waals surface area (Å²) in [4.78, 5) is 0. The van der Waals surface area contributed by atoms with E-state index >= 15 is 0 Å². The predicted octanol–water partition coefficient (Wildman–Crippen LogP) is 5.21. The highest BCUT2D eigenvalue weighted by Crippen LogP contribution is 2.30. The van der Waals surface area contributed by atoms with E-state index in [1.807, 2.05) is 0 Å². The van der Waals surface area contributed by atoms with E-state index in [1.165, 1.54) is 0 Å². The molecule has 3 aromatic rings. The fraction of sp³-hybridized carbons (Fsp3) is 0. The van der Waals surface area contributed by atoms with Gasteiger partial charge in [0.1, 0.15) is 0 Å². The maximum atomic E-state index is 14.2. The summed E-state index contributed by atoms with van der Waals surface area (Å²) in [7, 11) is -3.40. The van der Waals surface area contributed by atoms with Gasteiger partial charge in [-0.15, -0.1) is 0 Å². The van der Waals surface area contributed by atoms with Crippen LogP contribution >= 0.6 is 0 Å². The third-order valence-electron chi connectivity index (χ3n) is 3.97. The second kappa shape index (κ2) is 8.79. The standard InChI is InChI=1S/C18H3BF12O2/c20-4-1-5(21)12(27)10(11(4)26)19(32-17-13(28)6(22)2-7(23)14(17)29)33-18-15(30)8(24)3-9(25)16(18)31/h1-3H. The molecule has 3 aromatic carbocycles. The van der Waals surface area contributed by atoms with E-state index < -0.39 is 93.9 Å². The van der Waals surface area contributed by atoms with E-state index in [0.717, 1.165) is 0 Å². The van der Waals surface area contributed by atoms with Crippen LogP contribution < -0.4 is 14.8 Å². The molecule has 0 spiro atoms. The van der Waals surface area contributed by atoms with Crippen LogP contribution in [0.3, 0.4) is 0 Å². The Balaban J connectivity index is 2.27. The fourth-order valence-corrected chi connectivity index (χ4v) is 2.46. The first kappa shape index (κ1) is 24.1. The van der Waals surface area contributed by atoms with Gasteiger partial charge in [0.2, 0.25) is 23.3 Å². The zero-order valence-electron chi connectivity index (χ0n) is 15.2. The molecule has 0 unspecified atom stereocenters. The van der Waals surface area contributed by atoms with Gasteiger partial charge in [0.15, 0.2) is 58.0 Å². The Labute approximate surface area is 175 Å². The van der Waals surface area contributed by atoms with Crippen LogP contribution in [0, 0.1) is 69.8 Å². The van der Waals surface area contributed by atoms with E-state index in [0.29, 0.717) is 0 Å². The maximum Gasteiger partial charge on any atom is 0.639 e. The van der Waals surface area contributed by atoms with Crippen LogP contribution in [0.25, 0.3) is 0 Å². The Morgan fingerprint density at radius 2 is 0.636 bits per heavy atom. The van der Waals surface area contributed by atoms with E-state index in [-0.39, 0.29) is 18.2 Å². The van der Waals surface area contributed by atoms with Crippen molar-refractivity contribution in [2.24, 2.45) is 0 Å². The van der Waals surface area contributed by atoms with Crippen molar-refractivity contribution in [2.75, 3.05) is 0 Å². The topological polar surface area (TPSA) is 18.5 Å². The Bertz CT molecular complexity index is 1120. The maximum absolute atomic E-state index is 14.2. The number of hydrogen-bond acceptors (Lipinski definition) is 2. The molecular formula is C18H3BF12O2. The molecule has 0 atom stereocenters. The Morgan fingerprint density at radius 1 is 0.394 bits per heavy atom. The minimum atomic E-state index is -3.40. The van der Waals surface area contributed by atoms with Crippen molar-refractivity contribution in [3.8, 4) is 11.5 Å². The van der Waals surface area contributed by atoms with Gasteiger partial charge in [-0.1, -0.05) is 0 Å². The third-order valence-corrected chi connectivity index (χ3v) is 3.97. The normalized spacial score (nSPS) is 11.0. The molecule has 0 saturated heterocycles. The molecule has 0 N–H and O–H groups in total. The number of benzene rings is 3. The van der Waals surface area contributed by atoms with Crippen molar-refractivity contribution in [2.45, 2.75) is 0 Å². The van der Waals surface area contributed by atoms with Gasteiger partial charge >= 0.3 is 7.12 Å². The molecule has 174 valence electrons. The van der Waals surface area contributed by atoms with E-state index in [2.05, 4.69) is 9.31 Å². The predicted molar refractivity (Wildman–Crippen MR) is 85.5 cm³/mol. The molecule has 0 fully saturated rings. The van der Waals surface area contributed by atoms with Crippen molar-refractivity contribution >= 4 is 12.6 Å². The molecule has 2 nitrogen and oxygen atoms in total. The van der Waals surface area contributed by atoms with Gasteiger partial charge in [0.25, 0.3) is 0 Å². The van der Waals surface area contributed by atoms with Crippen molar-refractivity contribution in [1.29, 1.82) is 0 Å². The van der Waals surface area contributed by atoms with Crippen LogP contribution in [0.5, 0.6) is 11.5 Å². The molecule has 0 heterocycles. The molecule has 0 aliphatic heterocycles. The van der Waals surface area contributed by atoms with Gasteiger partial charge in [-0.25, -0.2) is 35.1 Å². The SMILES string of the molecule is Fc1cc(F)c(F)c(OB(Oc2c(F)c(F)cc(F)c2F)c2c(F)c(F)cc(F)c2F)c1F. The lowest BCUT2D eigenvalue weighted by Crippen LogP contribution is -2.48. The van der Waals surface area contributed by atoms with Crippen LogP contribution in [0.2, 0.25) is 0 Å². The van der Waals surface area contributed by atoms with Crippen molar-refractivity contribution in [1.82, 2.24) is 0 Å². The average Bonchev–Trinajstić information content (AvgIpc) is 2.75. The molecule has 33 heavy (non-hydrogen) atoms. The van der Waals surface area contributed by atoms with E-state index in [9.17, 15) is 52.7 Å². The molecule has 15 heteroatoms. The van der Waals surface area contributed by atoms with Gasteiger partial charge in [-0.3, -0.25) is 0 Å². The van der Waals surface area contributed by atoms with Gasteiger partial charge in [-0.05, 0) is 0 Å².